The lowest BCUT2D eigenvalue weighted by molar-refractivity contribution is 0.0978. The van der Waals surface area contributed by atoms with Crippen LogP contribution in [0.5, 0.6) is 5.75 Å². The lowest BCUT2D eigenvalue weighted by Crippen LogP contribution is -2.23. The van der Waals surface area contributed by atoms with Gasteiger partial charge in [-0.2, -0.15) is 4.98 Å². The lowest BCUT2D eigenvalue weighted by atomic mass is 10.2. The molecule has 0 amide bonds. The van der Waals surface area contributed by atoms with Crippen LogP contribution in [0.2, 0.25) is 0 Å². The Labute approximate surface area is 154 Å². The molecule has 140 valence electrons. The molecular weight excluding hydrogens is 330 g/mol. The summed E-state index contributed by atoms with van der Waals surface area (Å²) in [7, 11) is 1.67. The topological polar surface area (TPSA) is 85.5 Å². The zero-order chi connectivity index (χ0) is 18.4. The number of nitrogens with two attached hydrogens (primary N) is 1. The number of likely N-dealkylation sites (tertiary alicyclic amines) is 1. The summed E-state index contributed by atoms with van der Waals surface area (Å²) in [5, 5.41) is 3.19. The number of methoxy groups -OCH3 is 1. The molecule has 1 aromatic carbocycles. The third-order valence-electron chi connectivity index (χ3n) is 4.42. The molecule has 1 saturated heterocycles. The SMILES string of the molecule is COc1ccc(Nc2nc(C)cc(N)n2)cc1COCCN1CCCC1. The summed E-state index contributed by atoms with van der Waals surface area (Å²) in [6.45, 7) is 6.46. The Bertz CT molecular complexity index is 712. The minimum absolute atomic E-state index is 0.444. The van der Waals surface area contributed by atoms with Gasteiger partial charge in [-0.15, -0.1) is 0 Å². The van der Waals surface area contributed by atoms with E-state index in [4.69, 9.17) is 15.2 Å². The number of ether oxygens (including phenoxy) is 2. The van der Waals surface area contributed by atoms with Gasteiger partial charge in [-0.05, 0) is 51.1 Å². The van der Waals surface area contributed by atoms with Crippen LogP contribution < -0.4 is 15.8 Å². The summed E-state index contributed by atoms with van der Waals surface area (Å²) >= 11 is 0. The molecule has 7 nitrogen and oxygen atoms in total. The molecule has 1 aliphatic rings. The predicted octanol–water partition coefficient (Wildman–Crippen LogP) is 2.73. The fraction of sp³-hybridized carbons (Fsp3) is 0.474. The summed E-state index contributed by atoms with van der Waals surface area (Å²) in [6, 6.07) is 7.57. The Kier molecular flexibility index (Phi) is 6.25. The third kappa shape index (κ3) is 5.06. The van der Waals surface area contributed by atoms with E-state index < -0.39 is 0 Å². The first-order valence-electron chi connectivity index (χ1n) is 8.99. The van der Waals surface area contributed by atoms with E-state index in [1.807, 2.05) is 25.1 Å². The van der Waals surface area contributed by atoms with Crippen molar-refractivity contribution in [1.82, 2.24) is 14.9 Å². The van der Waals surface area contributed by atoms with Gasteiger partial charge in [0.05, 0.1) is 20.3 Å². The number of hydrogen-bond donors (Lipinski definition) is 2. The van der Waals surface area contributed by atoms with Gasteiger partial charge in [0.1, 0.15) is 11.6 Å². The molecule has 7 heteroatoms. The Morgan fingerprint density at radius 1 is 1.19 bits per heavy atom. The smallest absolute Gasteiger partial charge is 0.229 e. The average Bonchev–Trinajstić information content (AvgIpc) is 3.11. The van der Waals surface area contributed by atoms with Gasteiger partial charge < -0.3 is 25.4 Å². The van der Waals surface area contributed by atoms with Crippen molar-refractivity contribution in [3.63, 3.8) is 0 Å². The lowest BCUT2D eigenvalue weighted by Gasteiger charge is -2.15. The third-order valence-corrected chi connectivity index (χ3v) is 4.42. The monoisotopic (exact) mass is 357 g/mol. The van der Waals surface area contributed by atoms with Gasteiger partial charge >= 0.3 is 0 Å². The van der Waals surface area contributed by atoms with Crippen LogP contribution in [-0.4, -0.2) is 48.2 Å². The summed E-state index contributed by atoms with van der Waals surface area (Å²) in [5.74, 6) is 1.73. The highest BCUT2D eigenvalue weighted by Gasteiger charge is 2.11. The highest BCUT2D eigenvalue weighted by Crippen LogP contribution is 2.25. The molecule has 3 rings (SSSR count). The van der Waals surface area contributed by atoms with Crippen molar-refractivity contribution in [2.45, 2.75) is 26.4 Å². The first-order valence-corrected chi connectivity index (χ1v) is 8.99. The van der Waals surface area contributed by atoms with Crippen LogP contribution in [0.25, 0.3) is 0 Å². The van der Waals surface area contributed by atoms with E-state index >= 15 is 0 Å². The van der Waals surface area contributed by atoms with Crippen molar-refractivity contribution in [2.24, 2.45) is 0 Å². The summed E-state index contributed by atoms with van der Waals surface area (Å²) in [4.78, 5) is 11.0. The number of benzene rings is 1. The molecule has 1 fully saturated rings. The first-order chi connectivity index (χ1) is 12.6. The number of nitrogens with one attached hydrogen (secondary N) is 1. The van der Waals surface area contributed by atoms with E-state index in [0.29, 0.717) is 18.4 Å². The predicted molar refractivity (Wildman–Crippen MR) is 103 cm³/mol. The quantitative estimate of drug-likeness (QED) is 0.703. The molecule has 0 radical (unpaired) electrons. The second kappa shape index (κ2) is 8.82. The Morgan fingerprint density at radius 2 is 2.00 bits per heavy atom. The molecule has 0 aliphatic carbocycles. The molecular formula is C19H27N5O2. The van der Waals surface area contributed by atoms with E-state index in [1.165, 1.54) is 25.9 Å². The van der Waals surface area contributed by atoms with Gasteiger partial charge in [-0.3, -0.25) is 0 Å². The van der Waals surface area contributed by atoms with Gasteiger partial charge in [0, 0.05) is 29.6 Å². The van der Waals surface area contributed by atoms with Crippen LogP contribution in [0.4, 0.5) is 17.5 Å². The maximum Gasteiger partial charge on any atom is 0.229 e. The molecule has 0 saturated carbocycles. The molecule has 26 heavy (non-hydrogen) atoms. The number of hydrogen-bond acceptors (Lipinski definition) is 7. The number of aryl methyl sites for hydroxylation is 1. The molecule has 1 aromatic heterocycles. The maximum absolute atomic E-state index is 5.87. The van der Waals surface area contributed by atoms with Crippen molar-refractivity contribution < 1.29 is 9.47 Å². The zero-order valence-electron chi connectivity index (χ0n) is 15.5. The van der Waals surface area contributed by atoms with Gasteiger partial charge in [0.25, 0.3) is 0 Å². The van der Waals surface area contributed by atoms with Gasteiger partial charge in [-0.25, -0.2) is 4.98 Å². The van der Waals surface area contributed by atoms with Crippen LogP contribution in [0.1, 0.15) is 24.1 Å². The molecule has 0 atom stereocenters. The van der Waals surface area contributed by atoms with Crippen LogP contribution in [0, 0.1) is 6.92 Å². The first kappa shape index (κ1) is 18.4. The number of nitrogens with zero attached hydrogens (tertiary/aromatic N) is 3. The van der Waals surface area contributed by atoms with E-state index in [0.717, 1.165) is 35.8 Å². The fourth-order valence-electron chi connectivity index (χ4n) is 3.13. The highest BCUT2D eigenvalue weighted by molar-refractivity contribution is 5.58. The van der Waals surface area contributed by atoms with E-state index in [9.17, 15) is 0 Å². The van der Waals surface area contributed by atoms with Crippen LogP contribution >= 0.6 is 0 Å². The van der Waals surface area contributed by atoms with Crippen molar-refractivity contribution >= 4 is 17.5 Å². The van der Waals surface area contributed by atoms with Crippen LogP contribution in [-0.2, 0) is 11.3 Å². The molecule has 2 aromatic rings. The Morgan fingerprint density at radius 3 is 2.73 bits per heavy atom. The molecule has 0 bridgehead atoms. The van der Waals surface area contributed by atoms with Crippen molar-refractivity contribution in [2.75, 3.05) is 44.4 Å². The van der Waals surface area contributed by atoms with Crippen molar-refractivity contribution in [1.29, 1.82) is 0 Å². The Hall–Kier alpha value is -2.38. The number of anilines is 3. The van der Waals surface area contributed by atoms with Crippen LogP contribution in [0.3, 0.4) is 0 Å². The van der Waals surface area contributed by atoms with Gasteiger partial charge in [0.2, 0.25) is 5.95 Å². The molecule has 0 unspecified atom stereocenters. The summed E-state index contributed by atoms with van der Waals surface area (Å²) < 4.78 is 11.3. The zero-order valence-corrected chi connectivity index (χ0v) is 15.5. The second-order valence-corrected chi connectivity index (χ2v) is 6.51. The molecule has 1 aliphatic heterocycles. The van der Waals surface area contributed by atoms with Crippen molar-refractivity contribution in [3.8, 4) is 5.75 Å². The minimum Gasteiger partial charge on any atom is -0.496 e. The maximum atomic E-state index is 5.87. The molecule has 3 N–H and O–H groups in total. The van der Waals surface area contributed by atoms with E-state index in [-0.39, 0.29) is 0 Å². The molecule has 0 spiro atoms. The standard InChI is InChI=1S/C19H27N5O2/c1-14-11-18(20)23-19(21-14)22-16-5-6-17(25-2)15(12-16)13-26-10-9-24-7-3-4-8-24/h5-6,11-12H,3-4,7-10,13H2,1-2H3,(H3,20,21,22,23). The minimum atomic E-state index is 0.444. The second-order valence-electron chi connectivity index (χ2n) is 6.51. The number of rotatable bonds is 8. The number of aromatic nitrogens is 2. The average molecular weight is 357 g/mol. The molecule has 2 heterocycles. The van der Waals surface area contributed by atoms with E-state index in [2.05, 4.69) is 20.2 Å². The van der Waals surface area contributed by atoms with Gasteiger partial charge in [0.15, 0.2) is 0 Å². The highest BCUT2D eigenvalue weighted by atomic mass is 16.5. The summed E-state index contributed by atoms with van der Waals surface area (Å²) in [6.07, 6.45) is 2.60. The van der Waals surface area contributed by atoms with Crippen LogP contribution in [0.15, 0.2) is 24.3 Å². The largest absolute Gasteiger partial charge is 0.496 e. The fourth-order valence-corrected chi connectivity index (χ4v) is 3.13. The summed E-state index contributed by atoms with van der Waals surface area (Å²) in [5.41, 5.74) is 8.46. The number of nitrogen functional groups attached to an aromatic ring is 1. The normalized spacial score (nSPS) is 14.5. The Balaban J connectivity index is 1.61. The van der Waals surface area contributed by atoms with E-state index in [1.54, 1.807) is 13.2 Å². The van der Waals surface area contributed by atoms with Crippen molar-refractivity contribution in [3.05, 3.63) is 35.5 Å². The van der Waals surface area contributed by atoms with Gasteiger partial charge in [-0.1, -0.05) is 0 Å².